The third-order valence-corrected chi connectivity index (χ3v) is 5.12. The lowest BCUT2D eigenvalue weighted by Crippen LogP contribution is -2.61. The van der Waals surface area contributed by atoms with Gasteiger partial charge in [-0.1, -0.05) is 37.5 Å². The van der Waals surface area contributed by atoms with E-state index < -0.39 is 12.1 Å². The Hall–Kier alpha value is -1.54. The van der Waals surface area contributed by atoms with Crippen LogP contribution in [0.3, 0.4) is 0 Å². The predicted molar refractivity (Wildman–Crippen MR) is 98.1 cm³/mol. The molecule has 5 heteroatoms. The first kappa shape index (κ1) is 21.5. The number of rotatable bonds is 10. The minimum Gasteiger partial charge on any atom is -0.481 e. The van der Waals surface area contributed by atoms with Crippen molar-refractivity contribution in [3.63, 3.8) is 0 Å². The van der Waals surface area contributed by atoms with Gasteiger partial charge in [0.15, 0.2) is 6.10 Å². The van der Waals surface area contributed by atoms with Gasteiger partial charge in [-0.2, -0.15) is 0 Å². The number of hydrogen-bond donors (Lipinski definition) is 1. The highest BCUT2D eigenvalue weighted by molar-refractivity contribution is 5.70. The van der Waals surface area contributed by atoms with E-state index in [-0.39, 0.29) is 23.5 Å². The first-order chi connectivity index (χ1) is 11.6. The molecule has 142 valence electrons. The Morgan fingerprint density at radius 1 is 1.00 bits per heavy atom. The molecule has 1 aliphatic rings. The van der Waals surface area contributed by atoms with E-state index in [0.29, 0.717) is 6.42 Å². The van der Waals surface area contributed by atoms with E-state index in [1.807, 2.05) is 7.05 Å². The Morgan fingerprint density at radius 3 is 2.08 bits per heavy atom. The molecule has 25 heavy (non-hydrogen) atoms. The Kier molecular flexibility index (Phi) is 7.95. The lowest BCUT2D eigenvalue weighted by molar-refractivity contribution is -0.154. The van der Waals surface area contributed by atoms with Crippen molar-refractivity contribution in [1.29, 1.82) is 0 Å². The molecule has 0 fully saturated rings. The molecule has 0 aromatic carbocycles. The van der Waals surface area contributed by atoms with Crippen LogP contribution in [0.2, 0.25) is 0 Å². The van der Waals surface area contributed by atoms with E-state index in [9.17, 15) is 9.59 Å². The molecule has 0 aliphatic carbocycles. The second-order valence-electron chi connectivity index (χ2n) is 7.93. The van der Waals surface area contributed by atoms with Crippen LogP contribution in [-0.4, -0.2) is 46.2 Å². The van der Waals surface area contributed by atoms with E-state index in [4.69, 9.17) is 9.84 Å². The molecule has 0 aromatic heterocycles. The summed E-state index contributed by atoms with van der Waals surface area (Å²) in [6, 6.07) is 0. The van der Waals surface area contributed by atoms with Gasteiger partial charge < -0.3 is 9.84 Å². The molecule has 0 saturated heterocycles. The fourth-order valence-corrected chi connectivity index (χ4v) is 3.02. The van der Waals surface area contributed by atoms with Crippen molar-refractivity contribution in [3.8, 4) is 11.8 Å². The standard InChI is InChI=1S/C20H33NO4/c1-19(2)15-14-16(20(3,4)21(19)5)25-18(24)13-11-9-7-6-8-10-12-17(22)23/h16H,6-13H2,1-5H3,(H,22,23). The lowest BCUT2D eigenvalue weighted by atomic mass is 9.85. The van der Waals surface area contributed by atoms with Crippen LogP contribution in [0.1, 0.15) is 79.1 Å². The van der Waals surface area contributed by atoms with Gasteiger partial charge in [0, 0.05) is 12.8 Å². The number of likely N-dealkylation sites (N-methyl/N-ethyl adjacent to an activating group) is 1. The zero-order chi connectivity index (χ0) is 19.1. The number of carbonyl (C=O) groups excluding carboxylic acids is 1. The van der Waals surface area contributed by atoms with Gasteiger partial charge in [-0.05, 0) is 47.6 Å². The quantitative estimate of drug-likeness (QED) is 0.370. The lowest BCUT2D eigenvalue weighted by Gasteiger charge is -2.48. The second kappa shape index (κ2) is 9.24. The summed E-state index contributed by atoms with van der Waals surface area (Å²) >= 11 is 0. The molecule has 1 heterocycles. The number of carbonyl (C=O) groups is 2. The van der Waals surface area contributed by atoms with E-state index in [2.05, 4.69) is 44.4 Å². The zero-order valence-electron chi connectivity index (χ0n) is 16.4. The van der Waals surface area contributed by atoms with Crippen molar-refractivity contribution in [3.05, 3.63) is 0 Å². The number of ether oxygens (including phenoxy) is 1. The third kappa shape index (κ3) is 6.70. The topological polar surface area (TPSA) is 66.8 Å². The van der Waals surface area contributed by atoms with Crippen molar-refractivity contribution in [2.75, 3.05) is 7.05 Å². The number of nitrogens with zero attached hydrogens (tertiary/aromatic N) is 1. The fourth-order valence-electron chi connectivity index (χ4n) is 3.02. The number of carboxylic acid groups (broad SMARTS) is 1. The normalized spacial score (nSPS) is 21.2. The van der Waals surface area contributed by atoms with Crippen molar-refractivity contribution < 1.29 is 19.4 Å². The summed E-state index contributed by atoms with van der Waals surface area (Å²) in [6.07, 6.45) is 5.73. The molecule has 1 unspecified atom stereocenters. The van der Waals surface area contributed by atoms with Gasteiger partial charge in [0.1, 0.15) is 0 Å². The number of carboxylic acids is 1. The van der Waals surface area contributed by atoms with Crippen LogP contribution >= 0.6 is 0 Å². The highest BCUT2D eigenvalue weighted by Gasteiger charge is 2.44. The van der Waals surface area contributed by atoms with Gasteiger partial charge >= 0.3 is 11.9 Å². The molecule has 1 aliphatic heterocycles. The smallest absolute Gasteiger partial charge is 0.307 e. The van der Waals surface area contributed by atoms with E-state index in [1.54, 1.807) is 0 Å². The summed E-state index contributed by atoms with van der Waals surface area (Å²) in [5, 5.41) is 8.57. The molecule has 0 radical (unpaired) electrons. The summed E-state index contributed by atoms with van der Waals surface area (Å²) in [5.41, 5.74) is -0.554. The molecule has 0 saturated carbocycles. The van der Waals surface area contributed by atoms with Gasteiger partial charge in [-0.15, -0.1) is 0 Å². The van der Waals surface area contributed by atoms with Crippen molar-refractivity contribution >= 4 is 11.9 Å². The summed E-state index contributed by atoms with van der Waals surface area (Å²) in [7, 11) is 2.01. The van der Waals surface area contributed by atoms with Crippen LogP contribution in [0.15, 0.2) is 0 Å². The largest absolute Gasteiger partial charge is 0.481 e. The van der Waals surface area contributed by atoms with Crippen LogP contribution in [0.25, 0.3) is 0 Å². The van der Waals surface area contributed by atoms with Gasteiger partial charge in [0.25, 0.3) is 0 Å². The maximum atomic E-state index is 12.1. The number of unbranched alkanes of at least 4 members (excludes halogenated alkanes) is 5. The first-order valence-corrected chi connectivity index (χ1v) is 9.25. The average Bonchev–Trinajstić information content (AvgIpc) is 2.51. The number of aliphatic carboxylic acids is 1. The molecule has 0 amide bonds. The highest BCUT2D eigenvalue weighted by atomic mass is 16.5. The zero-order valence-corrected chi connectivity index (χ0v) is 16.4. The summed E-state index contributed by atoms with van der Waals surface area (Å²) in [4.78, 5) is 24.7. The minimum atomic E-state index is -0.731. The fraction of sp³-hybridized carbons (Fsp3) is 0.800. The molecule has 0 aromatic rings. The monoisotopic (exact) mass is 351 g/mol. The SMILES string of the molecule is CN1C(C)(C)C#CC(OC(=O)CCCCCCCCC(=O)O)C1(C)C. The number of esters is 1. The third-order valence-electron chi connectivity index (χ3n) is 5.12. The molecule has 1 rings (SSSR count). The molecule has 1 atom stereocenters. The van der Waals surface area contributed by atoms with Crippen LogP contribution in [0.4, 0.5) is 0 Å². The van der Waals surface area contributed by atoms with E-state index in [0.717, 1.165) is 38.5 Å². The maximum absolute atomic E-state index is 12.1. The summed E-state index contributed by atoms with van der Waals surface area (Å²) in [5.74, 6) is 5.37. The molecular formula is C20H33NO4. The molecule has 1 N–H and O–H groups in total. The van der Waals surface area contributed by atoms with Crippen LogP contribution < -0.4 is 0 Å². The van der Waals surface area contributed by atoms with Gasteiger partial charge in [0.2, 0.25) is 0 Å². The second-order valence-corrected chi connectivity index (χ2v) is 7.93. The average molecular weight is 351 g/mol. The van der Waals surface area contributed by atoms with Crippen LogP contribution in [-0.2, 0) is 14.3 Å². The van der Waals surface area contributed by atoms with Gasteiger partial charge in [-0.25, -0.2) is 0 Å². The molecule has 0 spiro atoms. The van der Waals surface area contributed by atoms with Crippen LogP contribution in [0, 0.1) is 11.8 Å². The van der Waals surface area contributed by atoms with E-state index in [1.165, 1.54) is 0 Å². The summed E-state index contributed by atoms with van der Waals surface area (Å²) in [6.45, 7) is 8.24. The first-order valence-electron chi connectivity index (χ1n) is 9.25. The predicted octanol–water partition coefficient (Wildman–Crippen LogP) is 3.61. The molecule has 5 nitrogen and oxygen atoms in total. The Morgan fingerprint density at radius 2 is 1.52 bits per heavy atom. The van der Waals surface area contributed by atoms with Crippen molar-refractivity contribution in [2.45, 2.75) is 96.2 Å². The summed E-state index contributed by atoms with van der Waals surface area (Å²) < 4.78 is 5.62. The van der Waals surface area contributed by atoms with Gasteiger partial charge in [0.05, 0.1) is 11.1 Å². The number of hydrogen-bond acceptors (Lipinski definition) is 4. The van der Waals surface area contributed by atoms with Crippen molar-refractivity contribution in [1.82, 2.24) is 4.90 Å². The van der Waals surface area contributed by atoms with E-state index >= 15 is 0 Å². The Bertz CT molecular complexity index is 528. The molecular weight excluding hydrogens is 318 g/mol. The maximum Gasteiger partial charge on any atom is 0.307 e. The highest BCUT2D eigenvalue weighted by Crippen LogP contribution is 2.31. The van der Waals surface area contributed by atoms with Crippen LogP contribution in [0.5, 0.6) is 0 Å². The van der Waals surface area contributed by atoms with Crippen molar-refractivity contribution in [2.24, 2.45) is 0 Å². The Balaban J connectivity index is 2.27. The minimum absolute atomic E-state index is 0.189. The molecule has 0 bridgehead atoms. The Labute approximate surface area is 152 Å². The van der Waals surface area contributed by atoms with Gasteiger partial charge in [-0.3, -0.25) is 14.5 Å².